The normalized spacial score (nSPS) is 38.5. The fourth-order valence-electron chi connectivity index (χ4n) is 3.87. The second-order valence-corrected chi connectivity index (χ2v) is 7.16. The van der Waals surface area contributed by atoms with Crippen LogP contribution in [0.25, 0.3) is 0 Å². The number of likely N-dealkylation sites (N-methyl/N-ethyl adjacent to an activating group) is 1. The lowest BCUT2D eigenvalue weighted by molar-refractivity contribution is 0.0383. The standard InChI is InChI=1S/C16H33N3/c1-4-15-11-19(10-9-18(15)3)13-16(12-17)7-5-14(2)6-8-16/h14-15H,4-13,17H2,1-3H3. The Hall–Kier alpha value is -0.120. The van der Waals surface area contributed by atoms with Gasteiger partial charge in [0.1, 0.15) is 0 Å². The molecule has 2 N–H and O–H groups in total. The van der Waals surface area contributed by atoms with E-state index in [4.69, 9.17) is 5.73 Å². The molecule has 1 aliphatic heterocycles. The minimum absolute atomic E-state index is 0.417. The Kier molecular flexibility index (Phi) is 5.27. The van der Waals surface area contributed by atoms with E-state index < -0.39 is 0 Å². The average Bonchev–Trinajstić information content (AvgIpc) is 2.44. The highest BCUT2D eigenvalue weighted by Crippen LogP contribution is 2.39. The molecule has 0 aromatic heterocycles. The van der Waals surface area contributed by atoms with Crippen LogP contribution in [-0.2, 0) is 0 Å². The van der Waals surface area contributed by atoms with Crippen LogP contribution in [0.2, 0.25) is 0 Å². The van der Waals surface area contributed by atoms with Crippen molar-refractivity contribution in [2.75, 3.05) is 39.8 Å². The van der Waals surface area contributed by atoms with Crippen LogP contribution in [0.1, 0.15) is 46.0 Å². The molecule has 112 valence electrons. The zero-order valence-electron chi connectivity index (χ0n) is 13.2. The van der Waals surface area contributed by atoms with Gasteiger partial charge in [-0.2, -0.15) is 0 Å². The van der Waals surface area contributed by atoms with Crippen molar-refractivity contribution in [1.82, 2.24) is 9.80 Å². The Morgan fingerprint density at radius 2 is 1.89 bits per heavy atom. The summed E-state index contributed by atoms with van der Waals surface area (Å²) in [5, 5.41) is 0. The zero-order valence-corrected chi connectivity index (χ0v) is 13.2. The van der Waals surface area contributed by atoms with Crippen molar-refractivity contribution >= 4 is 0 Å². The molecule has 0 aromatic carbocycles. The van der Waals surface area contributed by atoms with Crippen molar-refractivity contribution in [2.45, 2.75) is 52.0 Å². The van der Waals surface area contributed by atoms with E-state index in [1.807, 2.05) is 0 Å². The largest absolute Gasteiger partial charge is 0.330 e. The summed E-state index contributed by atoms with van der Waals surface area (Å²) in [7, 11) is 2.27. The molecule has 3 nitrogen and oxygen atoms in total. The average molecular weight is 267 g/mol. The summed E-state index contributed by atoms with van der Waals surface area (Å²) in [5.41, 5.74) is 6.58. The molecule has 1 aliphatic carbocycles. The van der Waals surface area contributed by atoms with Crippen molar-refractivity contribution in [1.29, 1.82) is 0 Å². The van der Waals surface area contributed by atoms with Gasteiger partial charge >= 0.3 is 0 Å². The first-order chi connectivity index (χ1) is 9.08. The van der Waals surface area contributed by atoms with Gasteiger partial charge in [-0.25, -0.2) is 0 Å². The number of nitrogens with zero attached hydrogens (tertiary/aromatic N) is 2. The third-order valence-corrected chi connectivity index (χ3v) is 5.66. The van der Waals surface area contributed by atoms with Crippen LogP contribution >= 0.6 is 0 Å². The SMILES string of the molecule is CCC1CN(CC2(CN)CCC(C)CC2)CCN1C. The quantitative estimate of drug-likeness (QED) is 0.847. The van der Waals surface area contributed by atoms with Gasteiger partial charge in [-0.1, -0.05) is 26.7 Å². The first-order valence-corrected chi connectivity index (χ1v) is 8.21. The maximum absolute atomic E-state index is 6.16. The van der Waals surface area contributed by atoms with Crippen LogP contribution < -0.4 is 5.73 Å². The topological polar surface area (TPSA) is 32.5 Å². The van der Waals surface area contributed by atoms with E-state index in [1.54, 1.807) is 0 Å². The van der Waals surface area contributed by atoms with Crippen LogP contribution in [0.5, 0.6) is 0 Å². The monoisotopic (exact) mass is 267 g/mol. The molecule has 2 fully saturated rings. The summed E-state index contributed by atoms with van der Waals surface area (Å²) in [6.45, 7) is 10.5. The molecular weight excluding hydrogens is 234 g/mol. The molecule has 3 heteroatoms. The molecule has 1 unspecified atom stereocenters. The van der Waals surface area contributed by atoms with E-state index in [-0.39, 0.29) is 0 Å². The third kappa shape index (κ3) is 3.71. The molecule has 1 saturated heterocycles. The van der Waals surface area contributed by atoms with E-state index in [0.29, 0.717) is 5.41 Å². The zero-order chi connectivity index (χ0) is 13.9. The molecular formula is C16H33N3. The van der Waals surface area contributed by atoms with Gasteiger partial charge in [0.05, 0.1) is 0 Å². The Bertz CT molecular complexity index is 271. The van der Waals surface area contributed by atoms with Gasteiger partial charge in [-0.3, -0.25) is 4.90 Å². The van der Waals surface area contributed by atoms with Crippen LogP contribution in [0, 0.1) is 11.3 Å². The molecule has 1 atom stereocenters. The van der Waals surface area contributed by atoms with Crippen molar-refractivity contribution in [2.24, 2.45) is 17.1 Å². The van der Waals surface area contributed by atoms with E-state index >= 15 is 0 Å². The van der Waals surface area contributed by atoms with Crippen LogP contribution in [0.3, 0.4) is 0 Å². The predicted octanol–water partition coefficient (Wildman–Crippen LogP) is 2.17. The summed E-state index contributed by atoms with van der Waals surface area (Å²) in [6, 6.07) is 0.742. The first-order valence-electron chi connectivity index (χ1n) is 8.21. The molecule has 1 heterocycles. The van der Waals surface area contributed by atoms with Gasteiger partial charge in [0.15, 0.2) is 0 Å². The second-order valence-electron chi connectivity index (χ2n) is 7.16. The number of piperazine rings is 1. The van der Waals surface area contributed by atoms with Gasteiger partial charge < -0.3 is 10.6 Å². The predicted molar refractivity (Wildman–Crippen MR) is 82.3 cm³/mol. The lowest BCUT2D eigenvalue weighted by Gasteiger charge is -2.46. The highest BCUT2D eigenvalue weighted by Gasteiger charge is 2.36. The van der Waals surface area contributed by atoms with Crippen LogP contribution in [-0.4, -0.2) is 55.6 Å². The number of hydrogen-bond acceptors (Lipinski definition) is 3. The lowest BCUT2D eigenvalue weighted by atomic mass is 9.70. The van der Waals surface area contributed by atoms with Gasteiger partial charge in [0.25, 0.3) is 0 Å². The minimum Gasteiger partial charge on any atom is -0.330 e. The molecule has 0 aromatic rings. The highest BCUT2D eigenvalue weighted by molar-refractivity contribution is 4.90. The van der Waals surface area contributed by atoms with Crippen molar-refractivity contribution in [3.8, 4) is 0 Å². The second kappa shape index (κ2) is 6.55. The Morgan fingerprint density at radius 3 is 2.47 bits per heavy atom. The van der Waals surface area contributed by atoms with E-state index in [2.05, 4.69) is 30.7 Å². The number of rotatable bonds is 4. The summed E-state index contributed by atoms with van der Waals surface area (Å²) in [6.07, 6.45) is 6.70. The molecule has 0 bridgehead atoms. The van der Waals surface area contributed by atoms with Gasteiger partial charge in [0, 0.05) is 32.2 Å². The molecule has 0 radical (unpaired) electrons. The smallest absolute Gasteiger partial charge is 0.0218 e. The highest BCUT2D eigenvalue weighted by atomic mass is 15.3. The molecule has 1 saturated carbocycles. The van der Waals surface area contributed by atoms with Crippen molar-refractivity contribution in [3.63, 3.8) is 0 Å². The van der Waals surface area contributed by atoms with Gasteiger partial charge in [-0.15, -0.1) is 0 Å². The molecule has 2 aliphatic rings. The summed E-state index contributed by atoms with van der Waals surface area (Å²) < 4.78 is 0. The summed E-state index contributed by atoms with van der Waals surface area (Å²) in [4.78, 5) is 5.21. The molecule has 19 heavy (non-hydrogen) atoms. The van der Waals surface area contributed by atoms with E-state index in [0.717, 1.165) is 18.5 Å². The molecule has 2 rings (SSSR count). The Morgan fingerprint density at radius 1 is 1.21 bits per heavy atom. The Labute approximate surface area is 119 Å². The van der Waals surface area contributed by atoms with Crippen molar-refractivity contribution in [3.05, 3.63) is 0 Å². The molecule has 0 amide bonds. The van der Waals surface area contributed by atoms with E-state index in [9.17, 15) is 0 Å². The number of hydrogen-bond donors (Lipinski definition) is 1. The van der Waals surface area contributed by atoms with Crippen molar-refractivity contribution < 1.29 is 0 Å². The first kappa shape index (κ1) is 15.3. The number of nitrogens with two attached hydrogens (primary N) is 1. The van der Waals surface area contributed by atoms with Crippen LogP contribution in [0.15, 0.2) is 0 Å². The summed E-state index contributed by atoms with van der Waals surface area (Å²) >= 11 is 0. The van der Waals surface area contributed by atoms with Gasteiger partial charge in [0.2, 0.25) is 0 Å². The fraction of sp³-hybridized carbons (Fsp3) is 1.00. The lowest BCUT2D eigenvalue weighted by Crippen LogP contribution is -2.55. The summed E-state index contributed by atoms with van der Waals surface area (Å²) in [5.74, 6) is 0.913. The molecule has 0 spiro atoms. The van der Waals surface area contributed by atoms with Gasteiger partial charge in [-0.05, 0) is 44.2 Å². The Balaban J connectivity index is 1.91. The minimum atomic E-state index is 0.417. The maximum Gasteiger partial charge on any atom is 0.0218 e. The third-order valence-electron chi connectivity index (χ3n) is 5.66. The van der Waals surface area contributed by atoms with Crippen LogP contribution in [0.4, 0.5) is 0 Å². The fourth-order valence-corrected chi connectivity index (χ4v) is 3.87. The van der Waals surface area contributed by atoms with E-state index in [1.165, 1.54) is 58.3 Å². The maximum atomic E-state index is 6.16.